The zero-order valence-electron chi connectivity index (χ0n) is 12.0. The number of aromatic nitrogens is 2. The van der Waals surface area contributed by atoms with E-state index in [1.54, 1.807) is 18.5 Å². The molecule has 0 unspecified atom stereocenters. The lowest BCUT2D eigenvalue weighted by atomic mass is 9.80. The minimum Gasteiger partial charge on any atom is -0.481 e. The van der Waals surface area contributed by atoms with Gasteiger partial charge in [-0.1, -0.05) is 0 Å². The Morgan fingerprint density at radius 3 is 2.62 bits per heavy atom. The van der Waals surface area contributed by atoms with Gasteiger partial charge in [-0.15, -0.1) is 0 Å². The van der Waals surface area contributed by atoms with Crippen LogP contribution in [0.15, 0.2) is 11.2 Å². The van der Waals surface area contributed by atoms with E-state index >= 15 is 0 Å². The summed E-state index contributed by atoms with van der Waals surface area (Å²) < 4.78 is 33.5. The molecule has 1 aliphatic heterocycles. The highest BCUT2D eigenvalue weighted by atomic mass is 32.2. The molecule has 0 saturated carbocycles. The fraction of sp³-hybridized carbons (Fsp3) is 0.667. The van der Waals surface area contributed by atoms with Crippen LogP contribution in [0, 0.1) is 12.3 Å². The summed E-state index contributed by atoms with van der Waals surface area (Å²) in [4.78, 5) is 15.4. The number of ether oxygens (including phenoxy) is 1. The minimum atomic E-state index is -3.82. The van der Waals surface area contributed by atoms with E-state index in [0.29, 0.717) is 19.0 Å². The van der Waals surface area contributed by atoms with Crippen LogP contribution in [0.25, 0.3) is 0 Å². The molecule has 1 fully saturated rings. The number of hydrogen-bond acceptors (Lipinski definition) is 5. The van der Waals surface area contributed by atoms with Gasteiger partial charge in [-0.25, -0.2) is 18.1 Å². The van der Waals surface area contributed by atoms with Gasteiger partial charge in [0.25, 0.3) is 10.0 Å². The molecule has 2 heterocycles. The molecule has 0 spiro atoms. The van der Waals surface area contributed by atoms with Gasteiger partial charge < -0.3 is 14.4 Å². The number of carboxylic acids is 1. The Morgan fingerprint density at radius 1 is 1.52 bits per heavy atom. The maximum atomic E-state index is 12.2. The highest BCUT2D eigenvalue weighted by molar-refractivity contribution is 7.89. The molecule has 0 radical (unpaired) electrons. The summed E-state index contributed by atoms with van der Waals surface area (Å²) in [5, 5.41) is 9.29. The number of aliphatic carboxylic acids is 1. The largest absolute Gasteiger partial charge is 0.481 e. The van der Waals surface area contributed by atoms with Crippen molar-refractivity contribution >= 4 is 16.0 Å². The van der Waals surface area contributed by atoms with Gasteiger partial charge in [-0.3, -0.25) is 4.79 Å². The van der Waals surface area contributed by atoms with E-state index in [-0.39, 0.29) is 24.4 Å². The number of nitrogens with zero attached hydrogens (tertiary/aromatic N) is 2. The van der Waals surface area contributed by atoms with Crippen molar-refractivity contribution in [2.75, 3.05) is 19.8 Å². The van der Waals surface area contributed by atoms with Gasteiger partial charge in [-0.2, -0.15) is 0 Å². The Balaban J connectivity index is 2.15. The number of carbonyl (C=O) groups is 1. The molecule has 0 bridgehead atoms. The second-order valence-electron chi connectivity index (χ2n) is 5.26. The van der Waals surface area contributed by atoms with E-state index < -0.39 is 21.4 Å². The number of aryl methyl sites for hydroxylation is 2. The van der Waals surface area contributed by atoms with Crippen LogP contribution in [0.2, 0.25) is 0 Å². The van der Waals surface area contributed by atoms with Gasteiger partial charge >= 0.3 is 5.97 Å². The smallest absolute Gasteiger partial charge is 0.311 e. The fourth-order valence-electron chi connectivity index (χ4n) is 2.19. The molecule has 1 aromatic heterocycles. The predicted octanol–water partition coefficient (Wildman–Crippen LogP) is -0.112. The summed E-state index contributed by atoms with van der Waals surface area (Å²) >= 11 is 0. The second-order valence-corrected chi connectivity index (χ2v) is 6.97. The molecule has 2 rings (SSSR count). The first kappa shape index (κ1) is 15.9. The van der Waals surface area contributed by atoms with Gasteiger partial charge in [0.05, 0.1) is 5.41 Å². The maximum Gasteiger partial charge on any atom is 0.311 e. The van der Waals surface area contributed by atoms with Crippen molar-refractivity contribution in [2.45, 2.75) is 24.8 Å². The molecule has 21 heavy (non-hydrogen) atoms. The molecule has 118 valence electrons. The van der Waals surface area contributed by atoms with Crippen molar-refractivity contribution in [2.24, 2.45) is 12.5 Å². The van der Waals surface area contributed by atoms with E-state index in [1.807, 2.05) is 0 Å². The molecule has 1 aromatic rings. The zero-order chi connectivity index (χ0) is 15.7. The summed E-state index contributed by atoms with van der Waals surface area (Å²) in [6.45, 7) is 2.16. The van der Waals surface area contributed by atoms with Gasteiger partial charge in [0.15, 0.2) is 5.03 Å². The van der Waals surface area contributed by atoms with Crippen LogP contribution >= 0.6 is 0 Å². The molecule has 8 nitrogen and oxygen atoms in total. The lowest BCUT2D eigenvalue weighted by Crippen LogP contribution is -2.46. The quantitative estimate of drug-likeness (QED) is 0.784. The SMILES string of the molecule is Cc1nc(S(=O)(=O)NCC2(C(=O)O)CCOCC2)cn1C. The Kier molecular flexibility index (Phi) is 4.35. The lowest BCUT2D eigenvalue weighted by molar-refractivity contribution is -0.154. The number of hydrogen-bond donors (Lipinski definition) is 2. The molecule has 1 aliphatic rings. The van der Waals surface area contributed by atoms with Crippen molar-refractivity contribution in [3.63, 3.8) is 0 Å². The van der Waals surface area contributed by atoms with Crippen LogP contribution in [0.1, 0.15) is 18.7 Å². The van der Waals surface area contributed by atoms with Gasteiger partial charge in [0.2, 0.25) is 0 Å². The van der Waals surface area contributed by atoms with Crippen molar-refractivity contribution in [1.82, 2.24) is 14.3 Å². The van der Waals surface area contributed by atoms with Crippen LogP contribution in [0.5, 0.6) is 0 Å². The van der Waals surface area contributed by atoms with Crippen LogP contribution in [-0.2, 0) is 26.6 Å². The van der Waals surface area contributed by atoms with Crippen molar-refractivity contribution in [1.29, 1.82) is 0 Å². The Hall–Kier alpha value is -1.45. The second kappa shape index (κ2) is 5.74. The first-order chi connectivity index (χ1) is 9.77. The molecular formula is C12H19N3O5S. The van der Waals surface area contributed by atoms with E-state index in [9.17, 15) is 18.3 Å². The molecular weight excluding hydrogens is 298 g/mol. The summed E-state index contributed by atoms with van der Waals surface area (Å²) in [5.74, 6) is -0.444. The van der Waals surface area contributed by atoms with Gasteiger partial charge in [-0.05, 0) is 19.8 Å². The summed E-state index contributed by atoms with van der Waals surface area (Å²) in [7, 11) is -2.13. The van der Waals surface area contributed by atoms with Gasteiger partial charge in [0.1, 0.15) is 5.82 Å². The number of nitrogens with one attached hydrogen (secondary N) is 1. The van der Waals surface area contributed by atoms with E-state index in [2.05, 4.69) is 9.71 Å². The molecule has 2 N–H and O–H groups in total. The van der Waals surface area contributed by atoms with Crippen LogP contribution in [-0.4, -0.2) is 48.8 Å². The monoisotopic (exact) mass is 317 g/mol. The van der Waals surface area contributed by atoms with Crippen LogP contribution in [0.3, 0.4) is 0 Å². The highest BCUT2D eigenvalue weighted by Gasteiger charge is 2.41. The third-order valence-corrected chi connectivity index (χ3v) is 5.14. The first-order valence-corrected chi connectivity index (χ1v) is 8.06. The summed E-state index contributed by atoms with van der Waals surface area (Å²) in [6, 6.07) is 0. The zero-order valence-corrected chi connectivity index (χ0v) is 12.8. The average Bonchev–Trinajstić information content (AvgIpc) is 2.78. The van der Waals surface area contributed by atoms with Crippen molar-refractivity contribution in [3.05, 3.63) is 12.0 Å². The molecule has 0 aromatic carbocycles. The van der Waals surface area contributed by atoms with E-state index in [0.717, 1.165) is 0 Å². The molecule has 0 amide bonds. The molecule has 0 atom stereocenters. The third kappa shape index (κ3) is 3.25. The maximum absolute atomic E-state index is 12.2. The number of carboxylic acid groups (broad SMARTS) is 1. The van der Waals surface area contributed by atoms with Crippen LogP contribution in [0.4, 0.5) is 0 Å². The fourth-order valence-corrected chi connectivity index (χ4v) is 3.35. The molecule has 9 heteroatoms. The Bertz CT molecular complexity index is 612. The van der Waals surface area contributed by atoms with Crippen molar-refractivity contribution in [3.8, 4) is 0 Å². The van der Waals surface area contributed by atoms with E-state index in [4.69, 9.17) is 4.74 Å². The number of rotatable bonds is 5. The average molecular weight is 317 g/mol. The molecule has 0 aliphatic carbocycles. The number of sulfonamides is 1. The Morgan fingerprint density at radius 2 is 2.14 bits per heavy atom. The highest BCUT2D eigenvalue weighted by Crippen LogP contribution is 2.30. The Labute approximate surface area is 123 Å². The standard InChI is InChI=1S/C12H19N3O5S/c1-9-14-10(7-15(9)2)21(18,19)13-8-12(11(16)17)3-5-20-6-4-12/h7,13H,3-6,8H2,1-2H3,(H,16,17). The topological polar surface area (TPSA) is 111 Å². The third-order valence-electron chi connectivity index (χ3n) is 3.87. The lowest BCUT2D eigenvalue weighted by Gasteiger charge is -2.32. The first-order valence-electron chi connectivity index (χ1n) is 6.58. The summed E-state index contributed by atoms with van der Waals surface area (Å²) in [5.41, 5.74) is -1.12. The normalized spacial score (nSPS) is 18.6. The van der Waals surface area contributed by atoms with Crippen LogP contribution < -0.4 is 4.72 Å². The van der Waals surface area contributed by atoms with Gasteiger partial charge in [0, 0.05) is 33.0 Å². The van der Waals surface area contributed by atoms with Crippen molar-refractivity contribution < 1.29 is 23.1 Å². The minimum absolute atomic E-state index is 0.102. The summed E-state index contributed by atoms with van der Waals surface area (Å²) in [6.07, 6.45) is 1.97. The van der Waals surface area contributed by atoms with E-state index in [1.165, 1.54) is 6.20 Å². The predicted molar refractivity (Wildman–Crippen MR) is 73.3 cm³/mol. The molecule has 1 saturated heterocycles. The number of imidazole rings is 1.